The molecule has 2 N–H and O–H groups in total. The van der Waals surface area contributed by atoms with Crippen molar-refractivity contribution in [3.05, 3.63) is 66.1 Å². The number of nitrogens with two attached hydrogens (primary N) is 1. The minimum atomic E-state index is -0.249. The Morgan fingerprint density at radius 3 is 2.66 bits per heavy atom. The van der Waals surface area contributed by atoms with Crippen LogP contribution in [0.2, 0.25) is 0 Å². The minimum Gasteiger partial charge on any atom is -0.368 e. The van der Waals surface area contributed by atoms with Crippen molar-refractivity contribution in [2.75, 3.05) is 18.9 Å². The molecule has 0 spiro atoms. The van der Waals surface area contributed by atoms with E-state index in [9.17, 15) is 0 Å². The average molecular weight is 388 g/mol. The molecule has 4 aromatic rings. The van der Waals surface area contributed by atoms with Gasteiger partial charge in [-0.3, -0.25) is 4.68 Å². The van der Waals surface area contributed by atoms with Gasteiger partial charge in [0.25, 0.3) is 0 Å². The molecule has 1 fully saturated rings. The van der Waals surface area contributed by atoms with Crippen LogP contribution in [-0.2, 0) is 22.4 Å². The topological polar surface area (TPSA) is 101 Å². The number of nitrogens with zero attached hydrogens (tertiary/aromatic N) is 5. The van der Waals surface area contributed by atoms with Crippen molar-refractivity contribution in [3.63, 3.8) is 0 Å². The normalized spacial score (nSPS) is 14.6. The molecular formula is C21H20N6O2. The van der Waals surface area contributed by atoms with Gasteiger partial charge in [-0.05, 0) is 17.7 Å². The van der Waals surface area contributed by atoms with E-state index in [2.05, 4.69) is 27.2 Å². The summed E-state index contributed by atoms with van der Waals surface area (Å²) in [5, 5.41) is 4.41. The number of hydrogen-bond donors (Lipinski definition) is 1. The summed E-state index contributed by atoms with van der Waals surface area (Å²) in [6.45, 7) is 1.79. The van der Waals surface area contributed by atoms with Crippen molar-refractivity contribution in [3.8, 4) is 11.3 Å². The van der Waals surface area contributed by atoms with Crippen LogP contribution in [0.15, 0.2) is 54.9 Å². The van der Waals surface area contributed by atoms with Gasteiger partial charge in [-0.1, -0.05) is 30.3 Å². The molecule has 4 heterocycles. The highest BCUT2D eigenvalue weighted by molar-refractivity contribution is 5.81. The molecule has 8 heteroatoms. The van der Waals surface area contributed by atoms with Crippen molar-refractivity contribution in [1.82, 2.24) is 24.7 Å². The molecule has 1 aromatic carbocycles. The van der Waals surface area contributed by atoms with Crippen LogP contribution in [0.3, 0.4) is 0 Å². The Balaban J connectivity index is 1.48. The van der Waals surface area contributed by atoms with Crippen LogP contribution in [0.5, 0.6) is 0 Å². The summed E-state index contributed by atoms with van der Waals surface area (Å²) in [6.07, 6.45) is 4.11. The number of pyridine rings is 1. The number of rotatable bonds is 5. The second-order valence-corrected chi connectivity index (χ2v) is 6.88. The zero-order valence-electron chi connectivity index (χ0n) is 15.7. The van der Waals surface area contributed by atoms with Gasteiger partial charge in [-0.2, -0.15) is 5.10 Å². The van der Waals surface area contributed by atoms with Crippen molar-refractivity contribution in [2.24, 2.45) is 0 Å². The Hall–Kier alpha value is -3.36. The number of anilines is 1. The lowest BCUT2D eigenvalue weighted by molar-refractivity contribution is -0.0545. The fourth-order valence-corrected chi connectivity index (χ4v) is 3.43. The standard InChI is InChI=1S/C21H20N6O2/c22-21-25-17-7-6-16(15-11-23-27(12-15)13-19-28-8-9-29-19)24-20(17)18(26-21)10-14-4-2-1-3-5-14/h1-7,11-12,19H,8-10,13H2,(H2,22,25,26). The number of aromatic nitrogens is 5. The van der Waals surface area contributed by atoms with E-state index < -0.39 is 0 Å². The second-order valence-electron chi connectivity index (χ2n) is 6.88. The van der Waals surface area contributed by atoms with Gasteiger partial charge >= 0.3 is 0 Å². The van der Waals surface area contributed by atoms with Crippen LogP contribution in [-0.4, -0.2) is 44.2 Å². The molecular weight excluding hydrogens is 368 g/mol. The maximum atomic E-state index is 5.92. The lowest BCUT2D eigenvalue weighted by Crippen LogP contribution is -2.16. The molecule has 5 rings (SSSR count). The zero-order chi connectivity index (χ0) is 19.6. The highest BCUT2D eigenvalue weighted by atomic mass is 16.7. The van der Waals surface area contributed by atoms with Gasteiger partial charge in [-0.25, -0.2) is 15.0 Å². The molecule has 0 radical (unpaired) electrons. The molecule has 1 aliphatic heterocycles. The van der Waals surface area contributed by atoms with E-state index >= 15 is 0 Å². The summed E-state index contributed by atoms with van der Waals surface area (Å²) in [5.74, 6) is 0.252. The van der Waals surface area contributed by atoms with E-state index in [1.54, 1.807) is 6.20 Å². The molecule has 0 atom stereocenters. The first kappa shape index (κ1) is 17.7. The van der Waals surface area contributed by atoms with E-state index in [-0.39, 0.29) is 12.2 Å². The zero-order valence-corrected chi connectivity index (χ0v) is 15.7. The van der Waals surface area contributed by atoms with E-state index in [0.29, 0.717) is 26.2 Å². The minimum absolute atomic E-state index is 0.249. The van der Waals surface area contributed by atoms with Crippen LogP contribution in [0.1, 0.15) is 11.3 Å². The summed E-state index contributed by atoms with van der Waals surface area (Å²) in [7, 11) is 0. The molecule has 29 heavy (non-hydrogen) atoms. The summed E-state index contributed by atoms with van der Waals surface area (Å²) in [5.41, 5.74) is 11.1. The molecule has 3 aromatic heterocycles. The van der Waals surface area contributed by atoms with Gasteiger partial charge < -0.3 is 15.2 Å². The number of nitrogen functional groups attached to an aromatic ring is 1. The summed E-state index contributed by atoms with van der Waals surface area (Å²) >= 11 is 0. The quantitative estimate of drug-likeness (QED) is 0.560. The monoisotopic (exact) mass is 388 g/mol. The van der Waals surface area contributed by atoms with Crippen LogP contribution in [0.4, 0.5) is 5.95 Å². The third kappa shape index (κ3) is 3.80. The molecule has 0 unspecified atom stereocenters. The van der Waals surface area contributed by atoms with Crippen LogP contribution in [0.25, 0.3) is 22.3 Å². The number of ether oxygens (including phenoxy) is 2. The number of hydrogen-bond acceptors (Lipinski definition) is 7. The lowest BCUT2D eigenvalue weighted by Gasteiger charge is -2.08. The molecule has 8 nitrogen and oxygen atoms in total. The maximum Gasteiger partial charge on any atom is 0.220 e. The Morgan fingerprint density at radius 1 is 1.00 bits per heavy atom. The van der Waals surface area contributed by atoms with E-state index in [4.69, 9.17) is 20.2 Å². The highest BCUT2D eigenvalue weighted by Crippen LogP contribution is 2.23. The Bertz CT molecular complexity index is 1140. The van der Waals surface area contributed by atoms with Gasteiger partial charge in [-0.15, -0.1) is 0 Å². The number of fused-ring (bicyclic) bond motifs is 1. The molecule has 1 aliphatic rings. The Morgan fingerprint density at radius 2 is 1.83 bits per heavy atom. The smallest absolute Gasteiger partial charge is 0.220 e. The van der Waals surface area contributed by atoms with Crippen LogP contribution < -0.4 is 5.73 Å². The van der Waals surface area contributed by atoms with Gasteiger partial charge in [0, 0.05) is 18.2 Å². The summed E-state index contributed by atoms with van der Waals surface area (Å²) in [6, 6.07) is 14.0. The lowest BCUT2D eigenvalue weighted by atomic mass is 10.1. The first-order valence-electron chi connectivity index (χ1n) is 9.48. The van der Waals surface area contributed by atoms with Crippen molar-refractivity contribution < 1.29 is 9.47 Å². The molecule has 146 valence electrons. The second kappa shape index (κ2) is 7.57. The third-order valence-electron chi connectivity index (χ3n) is 4.80. The summed E-state index contributed by atoms with van der Waals surface area (Å²) in [4.78, 5) is 13.6. The van der Waals surface area contributed by atoms with Crippen molar-refractivity contribution >= 4 is 17.0 Å². The molecule has 0 bridgehead atoms. The van der Waals surface area contributed by atoms with E-state index in [1.807, 2.05) is 41.2 Å². The fourth-order valence-electron chi connectivity index (χ4n) is 3.43. The predicted molar refractivity (Wildman–Crippen MR) is 108 cm³/mol. The maximum absolute atomic E-state index is 5.92. The molecule has 0 saturated carbocycles. The predicted octanol–water partition coefficient (Wildman–Crippen LogP) is 2.43. The number of benzene rings is 1. The molecule has 0 aliphatic carbocycles. The largest absolute Gasteiger partial charge is 0.368 e. The first-order valence-corrected chi connectivity index (χ1v) is 9.48. The fraction of sp³-hybridized carbons (Fsp3) is 0.238. The Kier molecular flexibility index (Phi) is 4.63. The third-order valence-corrected chi connectivity index (χ3v) is 4.80. The average Bonchev–Trinajstić information content (AvgIpc) is 3.41. The van der Waals surface area contributed by atoms with E-state index in [0.717, 1.165) is 33.5 Å². The van der Waals surface area contributed by atoms with Gasteiger partial charge in [0.05, 0.1) is 42.9 Å². The van der Waals surface area contributed by atoms with Gasteiger partial charge in [0.2, 0.25) is 5.95 Å². The van der Waals surface area contributed by atoms with Crippen LogP contribution in [0, 0.1) is 0 Å². The highest BCUT2D eigenvalue weighted by Gasteiger charge is 2.17. The van der Waals surface area contributed by atoms with Crippen molar-refractivity contribution in [1.29, 1.82) is 0 Å². The molecule has 1 saturated heterocycles. The summed E-state index contributed by atoms with van der Waals surface area (Å²) < 4.78 is 12.8. The van der Waals surface area contributed by atoms with Crippen molar-refractivity contribution in [2.45, 2.75) is 19.3 Å². The first-order chi connectivity index (χ1) is 14.2. The Labute approximate surface area is 167 Å². The van der Waals surface area contributed by atoms with Crippen LogP contribution >= 0.6 is 0 Å². The van der Waals surface area contributed by atoms with Gasteiger partial charge in [0.15, 0.2) is 6.29 Å². The van der Waals surface area contributed by atoms with Gasteiger partial charge in [0.1, 0.15) is 5.52 Å². The SMILES string of the molecule is Nc1nc(Cc2ccccc2)c2nc(-c3cnn(CC4OCCO4)c3)ccc2n1. The molecule has 0 amide bonds. The van der Waals surface area contributed by atoms with E-state index in [1.165, 1.54) is 0 Å².